The molecule has 21 heavy (non-hydrogen) atoms. The Labute approximate surface area is 128 Å². The van der Waals surface area contributed by atoms with Crippen molar-refractivity contribution in [2.45, 2.75) is 59.4 Å². The second-order valence-electron chi connectivity index (χ2n) is 8.05. The minimum absolute atomic E-state index is 0.0754. The summed E-state index contributed by atoms with van der Waals surface area (Å²) in [5.41, 5.74) is 8.07. The first kappa shape index (κ1) is 15.9. The number of carbonyl (C=O) groups is 1. The van der Waals surface area contributed by atoms with E-state index < -0.39 is 0 Å². The molecule has 0 heterocycles. The molecular weight excluding hydrogens is 260 g/mol. The number of carbonyl (C=O) groups excluding carboxylic acids is 1. The number of nitrogens with one attached hydrogen (secondary N) is 1. The average molecular weight is 288 g/mol. The first-order valence-corrected chi connectivity index (χ1v) is 7.80. The zero-order valence-electron chi connectivity index (χ0n) is 13.7. The summed E-state index contributed by atoms with van der Waals surface area (Å²) in [5.74, 6) is 0.0754. The van der Waals surface area contributed by atoms with Gasteiger partial charge in [-0.15, -0.1) is 0 Å². The first-order valence-electron chi connectivity index (χ1n) is 7.80. The minimum atomic E-state index is 0.0754. The van der Waals surface area contributed by atoms with Crippen molar-refractivity contribution in [3.05, 3.63) is 29.8 Å². The second-order valence-corrected chi connectivity index (χ2v) is 8.05. The Bertz CT molecular complexity index is 504. The van der Waals surface area contributed by atoms with E-state index in [1.54, 1.807) is 0 Å². The minimum Gasteiger partial charge on any atom is -0.398 e. The van der Waals surface area contributed by atoms with Gasteiger partial charge in [-0.05, 0) is 41.7 Å². The van der Waals surface area contributed by atoms with Gasteiger partial charge in [-0.2, -0.15) is 0 Å². The molecule has 1 fully saturated rings. The van der Waals surface area contributed by atoms with Gasteiger partial charge in [0.2, 0.25) is 5.91 Å². The fraction of sp³-hybridized carbons (Fsp3) is 0.611. The smallest absolute Gasteiger partial charge is 0.224 e. The average Bonchev–Trinajstić information content (AvgIpc) is 2.27. The molecule has 1 aliphatic rings. The van der Waals surface area contributed by atoms with Crippen molar-refractivity contribution in [3.8, 4) is 0 Å². The molecule has 0 spiro atoms. The lowest BCUT2D eigenvalue weighted by atomic mass is 9.63. The van der Waals surface area contributed by atoms with Gasteiger partial charge in [-0.1, -0.05) is 45.9 Å². The van der Waals surface area contributed by atoms with Crippen LogP contribution >= 0.6 is 0 Å². The van der Waals surface area contributed by atoms with Gasteiger partial charge in [-0.25, -0.2) is 0 Å². The molecule has 2 rings (SSSR count). The van der Waals surface area contributed by atoms with Gasteiger partial charge in [0.1, 0.15) is 0 Å². The van der Waals surface area contributed by atoms with E-state index in [0.717, 1.165) is 18.4 Å². The zero-order chi connectivity index (χ0) is 15.7. The van der Waals surface area contributed by atoms with E-state index in [-0.39, 0.29) is 22.8 Å². The maximum atomic E-state index is 12.3. The van der Waals surface area contributed by atoms with Crippen LogP contribution in [0.3, 0.4) is 0 Å². The standard InChI is InChI=1S/C18H28N2O/c1-17(2)10-14(11-18(3,4)12-17)20-16(21)9-13-7-5-6-8-15(13)19/h5-8,14H,9-12,19H2,1-4H3,(H,20,21). The van der Waals surface area contributed by atoms with E-state index >= 15 is 0 Å². The number of benzene rings is 1. The number of hydrogen-bond donors (Lipinski definition) is 2. The highest BCUT2D eigenvalue weighted by molar-refractivity contribution is 5.80. The molecule has 1 aromatic carbocycles. The number of para-hydroxylation sites is 1. The number of nitrogens with two attached hydrogens (primary N) is 1. The first-order chi connectivity index (χ1) is 9.67. The van der Waals surface area contributed by atoms with Crippen LogP contribution in [0.15, 0.2) is 24.3 Å². The Balaban J connectivity index is 1.98. The van der Waals surface area contributed by atoms with Crippen LogP contribution in [0, 0.1) is 10.8 Å². The normalized spacial score (nSPS) is 21.0. The van der Waals surface area contributed by atoms with Crippen LogP contribution in [0.2, 0.25) is 0 Å². The van der Waals surface area contributed by atoms with Gasteiger partial charge in [0.05, 0.1) is 6.42 Å². The summed E-state index contributed by atoms with van der Waals surface area (Å²) < 4.78 is 0. The fourth-order valence-electron chi connectivity index (χ4n) is 4.09. The largest absolute Gasteiger partial charge is 0.398 e. The molecule has 0 unspecified atom stereocenters. The summed E-state index contributed by atoms with van der Waals surface area (Å²) in [4.78, 5) is 12.3. The molecule has 3 N–H and O–H groups in total. The van der Waals surface area contributed by atoms with E-state index in [4.69, 9.17) is 5.73 Å². The molecule has 0 radical (unpaired) electrons. The van der Waals surface area contributed by atoms with Gasteiger partial charge < -0.3 is 11.1 Å². The lowest BCUT2D eigenvalue weighted by Crippen LogP contribution is -2.46. The number of amides is 1. The Morgan fingerprint density at radius 2 is 1.76 bits per heavy atom. The van der Waals surface area contributed by atoms with Crippen LogP contribution in [0.1, 0.15) is 52.5 Å². The predicted octanol–water partition coefficient (Wildman–Crippen LogP) is 3.53. The van der Waals surface area contributed by atoms with Crippen LogP contribution in [0.5, 0.6) is 0 Å². The molecule has 3 heteroatoms. The van der Waals surface area contributed by atoms with Crippen LogP contribution in [-0.2, 0) is 11.2 Å². The highest BCUT2D eigenvalue weighted by atomic mass is 16.1. The molecule has 1 aliphatic carbocycles. The predicted molar refractivity (Wildman–Crippen MR) is 87.9 cm³/mol. The number of anilines is 1. The van der Waals surface area contributed by atoms with Crippen molar-refractivity contribution >= 4 is 11.6 Å². The maximum Gasteiger partial charge on any atom is 0.224 e. The zero-order valence-corrected chi connectivity index (χ0v) is 13.7. The molecule has 1 saturated carbocycles. The topological polar surface area (TPSA) is 55.1 Å². The van der Waals surface area contributed by atoms with Crippen LogP contribution in [0.25, 0.3) is 0 Å². The van der Waals surface area contributed by atoms with Crippen molar-refractivity contribution in [1.29, 1.82) is 0 Å². The van der Waals surface area contributed by atoms with Gasteiger partial charge in [0, 0.05) is 11.7 Å². The Morgan fingerprint density at radius 1 is 1.19 bits per heavy atom. The van der Waals surface area contributed by atoms with E-state index in [2.05, 4.69) is 33.0 Å². The Kier molecular flexibility index (Phi) is 4.31. The van der Waals surface area contributed by atoms with E-state index in [1.807, 2.05) is 24.3 Å². The highest BCUT2D eigenvalue weighted by Gasteiger charge is 2.38. The Hall–Kier alpha value is -1.51. The van der Waals surface area contributed by atoms with Crippen LogP contribution in [0.4, 0.5) is 5.69 Å². The Morgan fingerprint density at radius 3 is 2.33 bits per heavy atom. The third-order valence-corrected chi connectivity index (χ3v) is 4.33. The summed E-state index contributed by atoms with van der Waals surface area (Å²) in [7, 11) is 0. The van der Waals surface area contributed by atoms with Crippen LogP contribution in [-0.4, -0.2) is 11.9 Å². The lowest BCUT2D eigenvalue weighted by Gasteiger charge is -2.45. The fourth-order valence-corrected chi connectivity index (χ4v) is 4.09. The molecule has 0 atom stereocenters. The van der Waals surface area contributed by atoms with Crippen molar-refractivity contribution in [3.63, 3.8) is 0 Å². The third-order valence-electron chi connectivity index (χ3n) is 4.33. The molecular formula is C18H28N2O. The second kappa shape index (κ2) is 5.70. The molecule has 116 valence electrons. The summed E-state index contributed by atoms with van der Waals surface area (Å²) in [5, 5.41) is 3.21. The van der Waals surface area contributed by atoms with Crippen molar-refractivity contribution in [2.75, 3.05) is 5.73 Å². The highest BCUT2D eigenvalue weighted by Crippen LogP contribution is 2.45. The van der Waals surface area contributed by atoms with Crippen molar-refractivity contribution < 1.29 is 4.79 Å². The molecule has 1 aromatic rings. The molecule has 3 nitrogen and oxygen atoms in total. The molecule has 0 saturated heterocycles. The monoisotopic (exact) mass is 288 g/mol. The molecule has 0 bridgehead atoms. The van der Waals surface area contributed by atoms with Gasteiger partial charge in [0.25, 0.3) is 0 Å². The van der Waals surface area contributed by atoms with Gasteiger partial charge in [-0.3, -0.25) is 4.79 Å². The van der Waals surface area contributed by atoms with E-state index in [1.165, 1.54) is 6.42 Å². The SMILES string of the molecule is CC1(C)CC(NC(=O)Cc2ccccc2N)CC(C)(C)C1. The number of nitrogen functional groups attached to an aromatic ring is 1. The summed E-state index contributed by atoms with van der Waals surface area (Å²) >= 11 is 0. The molecule has 0 aromatic heterocycles. The van der Waals surface area contributed by atoms with Crippen LogP contribution < -0.4 is 11.1 Å². The number of hydrogen-bond acceptors (Lipinski definition) is 2. The maximum absolute atomic E-state index is 12.3. The van der Waals surface area contributed by atoms with E-state index in [0.29, 0.717) is 12.1 Å². The van der Waals surface area contributed by atoms with E-state index in [9.17, 15) is 4.79 Å². The van der Waals surface area contributed by atoms with Gasteiger partial charge >= 0.3 is 0 Å². The summed E-state index contributed by atoms with van der Waals surface area (Å²) in [6.07, 6.45) is 3.67. The lowest BCUT2D eigenvalue weighted by molar-refractivity contribution is -0.122. The molecule has 0 aliphatic heterocycles. The van der Waals surface area contributed by atoms with Crippen molar-refractivity contribution in [2.24, 2.45) is 10.8 Å². The third kappa shape index (κ3) is 4.48. The quantitative estimate of drug-likeness (QED) is 0.836. The molecule has 1 amide bonds. The summed E-state index contributed by atoms with van der Waals surface area (Å²) in [6, 6.07) is 7.84. The van der Waals surface area contributed by atoms with Gasteiger partial charge in [0.15, 0.2) is 0 Å². The number of rotatable bonds is 3. The summed E-state index contributed by atoms with van der Waals surface area (Å²) in [6.45, 7) is 9.18. The van der Waals surface area contributed by atoms with Crippen molar-refractivity contribution in [1.82, 2.24) is 5.32 Å².